The van der Waals surface area contributed by atoms with Crippen LogP contribution < -0.4 is 10.6 Å². The van der Waals surface area contributed by atoms with Crippen molar-refractivity contribution in [3.05, 3.63) is 29.3 Å². The van der Waals surface area contributed by atoms with Gasteiger partial charge in [0.2, 0.25) is 0 Å². The summed E-state index contributed by atoms with van der Waals surface area (Å²) in [5.41, 5.74) is 8.03. The Kier molecular flexibility index (Phi) is 4.67. The van der Waals surface area contributed by atoms with E-state index in [-0.39, 0.29) is 0 Å². The minimum absolute atomic E-state index is 0.330. The maximum Gasteiger partial charge on any atom is 0.330 e. The van der Waals surface area contributed by atoms with E-state index >= 15 is 0 Å². The molecular weight excluding hydrogens is 244 g/mol. The van der Waals surface area contributed by atoms with Crippen molar-refractivity contribution in [2.45, 2.75) is 32.7 Å². The predicted molar refractivity (Wildman–Crippen MR) is 74.3 cm³/mol. The maximum atomic E-state index is 11.9. The van der Waals surface area contributed by atoms with E-state index in [0.29, 0.717) is 11.6 Å². The number of carboxylic acids is 1. The van der Waals surface area contributed by atoms with E-state index in [1.165, 1.54) is 11.9 Å². The fourth-order valence-electron chi connectivity index (χ4n) is 1.78. The Labute approximate surface area is 113 Å². The summed E-state index contributed by atoms with van der Waals surface area (Å²) in [6, 6.07) is 4.28. The molecule has 1 aromatic carbocycles. The number of nitrogens with two attached hydrogens (primary N) is 1. The van der Waals surface area contributed by atoms with Gasteiger partial charge >= 0.3 is 5.97 Å². The molecule has 5 heteroatoms. The average Bonchev–Trinajstić information content (AvgIpc) is 2.36. The molecule has 0 saturated heterocycles. The lowest BCUT2D eigenvalue weighted by Gasteiger charge is -2.22. The molecule has 0 aliphatic rings. The number of carbonyl (C=O) groups is 2. The Morgan fingerprint density at radius 2 is 1.89 bits per heavy atom. The predicted octanol–water partition coefficient (Wildman–Crippen LogP) is 1.49. The van der Waals surface area contributed by atoms with Crippen molar-refractivity contribution in [3.8, 4) is 0 Å². The second-order valence-electron chi connectivity index (χ2n) is 4.91. The topological polar surface area (TPSA) is 83.6 Å². The zero-order chi connectivity index (χ0) is 14.7. The van der Waals surface area contributed by atoms with Crippen LogP contribution in [0.1, 0.15) is 30.9 Å². The second-order valence-corrected chi connectivity index (χ2v) is 4.91. The molecule has 1 aromatic rings. The highest BCUT2D eigenvalue weighted by Crippen LogP contribution is 2.25. The number of nitrogens with zero attached hydrogens (tertiary/aromatic N) is 1. The van der Waals surface area contributed by atoms with Gasteiger partial charge in [-0.1, -0.05) is 26.0 Å². The van der Waals surface area contributed by atoms with E-state index in [1.54, 1.807) is 0 Å². The molecule has 0 aliphatic carbocycles. The van der Waals surface area contributed by atoms with E-state index in [4.69, 9.17) is 10.8 Å². The number of benzene rings is 1. The molecule has 104 valence electrons. The monoisotopic (exact) mass is 264 g/mol. The molecule has 5 nitrogen and oxygen atoms in total. The van der Waals surface area contributed by atoms with Gasteiger partial charge in [-0.2, -0.15) is 0 Å². The van der Waals surface area contributed by atoms with Crippen LogP contribution >= 0.6 is 0 Å². The molecule has 3 N–H and O–H groups in total. The molecule has 1 amide bonds. The summed E-state index contributed by atoms with van der Waals surface area (Å²) >= 11 is 0. The molecule has 19 heavy (non-hydrogen) atoms. The van der Waals surface area contributed by atoms with Crippen molar-refractivity contribution in [3.63, 3.8) is 0 Å². The Morgan fingerprint density at radius 3 is 2.37 bits per heavy atom. The molecule has 1 unspecified atom stereocenters. The summed E-state index contributed by atoms with van der Waals surface area (Å²) in [5, 5.41) is 8.79. The van der Waals surface area contributed by atoms with Gasteiger partial charge in [0.15, 0.2) is 6.04 Å². The molecule has 0 heterocycles. The Balaban J connectivity index is 3.11. The van der Waals surface area contributed by atoms with Gasteiger partial charge in [0.25, 0.3) is 5.91 Å². The quantitative estimate of drug-likeness (QED) is 0.807. The standard InChI is InChI=1S/C14H20N2O3/c1-8(2)10-6-5-9(3)11(7-10)16(4)13(17)12(15)14(18)19/h5-8,12H,15H2,1-4H3,(H,18,19). The lowest BCUT2D eigenvalue weighted by atomic mass is 10.00. The van der Waals surface area contributed by atoms with Gasteiger partial charge in [-0.25, -0.2) is 4.79 Å². The zero-order valence-electron chi connectivity index (χ0n) is 11.7. The van der Waals surface area contributed by atoms with Crippen LogP contribution in [0.5, 0.6) is 0 Å². The van der Waals surface area contributed by atoms with E-state index in [9.17, 15) is 9.59 Å². The summed E-state index contributed by atoms with van der Waals surface area (Å²) in [6.07, 6.45) is 0. The van der Waals surface area contributed by atoms with Crippen LogP contribution in [0, 0.1) is 6.92 Å². The van der Waals surface area contributed by atoms with Crippen LogP contribution in [0.3, 0.4) is 0 Å². The molecule has 1 rings (SSSR count). The number of amides is 1. The number of aryl methyl sites for hydroxylation is 1. The molecular formula is C14H20N2O3. The van der Waals surface area contributed by atoms with Crippen molar-refractivity contribution in [1.82, 2.24) is 0 Å². The minimum Gasteiger partial charge on any atom is -0.480 e. The molecule has 0 bridgehead atoms. The Bertz CT molecular complexity index is 497. The van der Waals surface area contributed by atoms with Crippen molar-refractivity contribution in [2.75, 3.05) is 11.9 Å². The number of carboxylic acid groups (broad SMARTS) is 1. The van der Waals surface area contributed by atoms with Crippen LogP contribution in [-0.2, 0) is 9.59 Å². The summed E-state index contributed by atoms with van der Waals surface area (Å²) < 4.78 is 0. The molecule has 0 saturated carbocycles. The first-order valence-corrected chi connectivity index (χ1v) is 6.12. The molecule has 0 fully saturated rings. The number of likely N-dealkylation sites (N-methyl/N-ethyl adjacent to an activating group) is 1. The molecule has 0 aliphatic heterocycles. The number of hydrogen-bond donors (Lipinski definition) is 2. The highest BCUT2D eigenvalue weighted by Gasteiger charge is 2.26. The number of aliphatic carboxylic acids is 1. The van der Waals surface area contributed by atoms with E-state index in [2.05, 4.69) is 13.8 Å². The van der Waals surface area contributed by atoms with Crippen molar-refractivity contribution in [2.24, 2.45) is 5.73 Å². The molecule has 0 radical (unpaired) electrons. The SMILES string of the molecule is Cc1ccc(C(C)C)cc1N(C)C(=O)C(N)C(=O)O. The normalized spacial score (nSPS) is 12.3. The van der Waals surface area contributed by atoms with Crippen molar-refractivity contribution in [1.29, 1.82) is 0 Å². The first-order valence-electron chi connectivity index (χ1n) is 6.12. The smallest absolute Gasteiger partial charge is 0.330 e. The molecule has 1 atom stereocenters. The van der Waals surface area contributed by atoms with Gasteiger partial charge in [0.05, 0.1) is 0 Å². The van der Waals surface area contributed by atoms with Gasteiger partial charge in [-0.05, 0) is 30.0 Å². The van der Waals surface area contributed by atoms with Gasteiger partial charge in [0, 0.05) is 12.7 Å². The first kappa shape index (κ1) is 15.2. The van der Waals surface area contributed by atoms with E-state index in [1.807, 2.05) is 25.1 Å². The third-order valence-electron chi connectivity index (χ3n) is 3.12. The van der Waals surface area contributed by atoms with Crippen molar-refractivity contribution >= 4 is 17.6 Å². The van der Waals surface area contributed by atoms with Gasteiger partial charge < -0.3 is 15.7 Å². The van der Waals surface area contributed by atoms with Crippen LogP contribution in [0.2, 0.25) is 0 Å². The fraction of sp³-hybridized carbons (Fsp3) is 0.429. The Morgan fingerprint density at radius 1 is 1.32 bits per heavy atom. The largest absolute Gasteiger partial charge is 0.480 e. The van der Waals surface area contributed by atoms with E-state index < -0.39 is 17.9 Å². The average molecular weight is 264 g/mol. The summed E-state index contributed by atoms with van der Waals surface area (Å²) in [6.45, 7) is 5.98. The summed E-state index contributed by atoms with van der Waals surface area (Å²) in [7, 11) is 1.54. The van der Waals surface area contributed by atoms with Gasteiger partial charge in [-0.3, -0.25) is 4.79 Å². The zero-order valence-corrected chi connectivity index (χ0v) is 11.7. The van der Waals surface area contributed by atoms with Crippen LogP contribution in [0.4, 0.5) is 5.69 Å². The Hall–Kier alpha value is -1.88. The third-order valence-corrected chi connectivity index (χ3v) is 3.12. The minimum atomic E-state index is -1.54. The highest BCUT2D eigenvalue weighted by atomic mass is 16.4. The lowest BCUT2D eigenvalue weighted by Crippen LogP contribution is -2.47. The van der Waals surface area contributed by atoms with Crippen LogP contribution in [0.25, 0.3) is 0 Å². The number of hydrogen-bond acceptors (Lipinski definition) is 3. The van der Waals surface area contributed by atoms with Gasteiger partial charge in [-0.15, -0.1) is 0 Å². The highest BCUT2D eigenvalue weighted by molar-refractivity contribution is 6.08. The van der Waals surface area contributed by atoms with E-state index in [0.717, 1.165) is 11.1 Å². The molecule has 0 spiro atoms. The number of rotatable bonds is 4. The maximum absolute atomic E-state index is 11.9. The van der Waals surface area contributed by atoms with Crippen LogP contribution in [-0.4, -0.2) is 30.1 Å². The van der Waals surface area contributed by atoms with Gasteiger partial charge in [0.1, 0.15) is 0 Å². The number of carbonyl (C=O) groups excluding carboxylic acids is 1. The van der Waals surface area contributed by atoms with Crippen molar-refractivity contribution < 1.29 is 14.7 Å². The first-order chi connectivity index (χ1) is 8.75. The fourth-order valence-corrected chi connectivity index (χ4v) is 1.78. The second kappa shape index (κ2) is 5.84. The third kappa shape index (κ3) is 3.32. The summed E-state index contributed by atoms with van der Waals surface area (Å²) in [5.74, 6) is -1.62. The van der Waals surface area contributed by atoms with Crippen LogP contribution in [0.15, 0.2) is 18.2 Å². The summed E-state index contributed by atoms with van der Waals surface area (Å²) in [4.78, 5) is 24.0. The molecule has 0 aromatic heterocycles. The lowest BCUT2D eigenvalue weighted by molar-refractivity contribution is -0.142. The number of anilines is 1.